The summed E-state index contributed by atoms with van der Waals surface area (Å²) in [7, 11) is 0. The number of benzene rings is 1. The maximum atomic E-state index is 5.29. The van der Waals surface area contributed by atoms with E-state index < -0.39 is 0 Å². The van der Waals surface area contributed by atoms with Crippen LogP contribution in [0.4, 0.5) is 0 Å². The number of nitrogens with two attached hydrogens (primary N) is 2. The SMILES string of the molecule is NC(N)=NCc1cccc2c1OCO2. The first kappa shape index (κ1) is 8.68. The van der Waals surface area contributed by atoms with E-state index in [0.29, 0.717) is 6.54 Å². The van der Waals surface area contributed by atoms with Crippen molar-refractivity contribution in [3.05, 3.63) is 23.8 Å². The molecular formula is C9H11N3O2. The van der Waals surface area contributed by atoms with Crippen molar-refractivity contribution in [3.8, 4) is 11.5 Å². The zero-order valence-corrected chi connectivity index (χ0v) is 7.56. The first-order valence-corrected chi connectivity index (χ1v) is 4.20. The molecule has 1 aliphatic heterocycles. The Morgan fingerprint density at radius 1 is 1.36 bits per heavy atom. The van der Waals surface area contributed by atoms with E-state index in [2.05, 4.69) is 4.99 Å². The second-order valence-electron chi connectivity index (χ2n) is 2.89. The molecule has 5 heteroatoms. The third kappa shape index (κ3) is 1.56. The summed E-state index contributed by atoms with van der Waals surface area (Å²) in [4.78, 5) is 3.91. The molecule has 0 saturated carbocycles. The van der Waals surface area contributed by atoms with Crippen LogP contribution in [0.2, 0.25) is 0 Å². The van der Waals surface area contributed by atoms with Crippen LogP contribution in [0.1, 0.15) is 5.56 Å². The second kappa shape index (κ2) is 3.45. The van der Waals surface area contributed by atoms with E-state index in [-0.39, 0.29) is 12.8 Å². The summed E-state index contributed by atoms with van der Waals surface area (Å²) < 4.78 is 10.5. The molecule has 4 N–H and O–H groups in total. The van der Waals surface area contributed by atoms with E-state index in [9.17, 15) is 0 Å². The lowest BCUT2D eigenvalue weighted by molar-refractivity contribution is 0.173. The molecule has 1 aromatic rings. The van der Waals surface area contributed by atoms with Crippen molar-refractivity contribution in [2.24, 2.45) is 16.5 Å². The molecule has 1 aliphatic rings. The number of nitrogens with zero attached hydrogens (tertiary/aromatic N) is 1. The standard InChI is InChI=1S/C9H11N3O2/c10-9(11)12-4-6-2-1-3-7-8(6)14-5-13-7/h1-3H,4-5H2,(H4,10,11,12). The molecule has 5 nitrogen and oxygen atoms in total. The van der Waals surface area contributed by atoms with E-state index in [1.54, 1.807) is 0 Å². The van der Waals surface area contributed by atoms with Crippen LogP contribution in [0.3, 0.4) is 0 Å². The van der Waals surface area contributed by atoms with Crippen molar-refractivity contribution in [2.45, 2.75) is 6.54 Å². The Balaban J connectivity index is 2.26. The van der Waals surface area contributed by atoms with E-state index in [1.165, 1.54) is 0 Å². The summed E-state index contributed by atoms with van der Waals surface area (Å²) in [6.45, 7) is 0.670. The fourth-order valence-corrected chi connectivity index (χ4v) is 1.29. The van der Waals surface area contributed by atoms with Gasteiger partial charge in [-0.25, -0.2) is 4.99 Å². The van der Waals surface area contributed by atoms with Crippen LogP contribution in [0.15, 0.2) is 23.2 Å². The predicted octanol–water partition coefficient (Wildman–Crippen LogP) is 0.189. The van der Waals surface area contributed by atoms with E-state index >= 15 is 0 Å². The van der Waals surface area contributed by atoms with Crippen LogP contribution < -0.4 is 20.9 Å². The molecule has 2 rings (SSSR count). The number of para-hydroxylation sites is 1. The monoisotopic (exact) mass is 193 g/mol. The smallest absolute Gasteiger partial charge is 0.231 e. The van der Waals surface area contributed by atoms with Crippen LogP contribution in [0.5, 0.6) is 11.5 Å². The Morgan fingerprint density at radius 2 is 2.21 bits per heavy atom. The molecule has 0 saturated heterocycles. The molecular weight excluding hydrogens is 182 g/mol. The van der Waals surface area contributed by atoms with Crippen LogP contribution in [-0.4, -0.2) is 12.8 Å². The Morgan fingerprint density at radius 3 is 3.00 bits per heavy atom. The molecule has 0 atom stereocenters. The second-order valence-corrected chi connectivity index (χ2v) is 2.89. The molecule has 0 spiro atoms. The number of rotatable bonds is 2. The zero-order valence-electron chi connectivity index (χ0n) is 7.56. The molecule has 1 aromatic carbocycles. The van der Waals surface area contributed by atoms with Crippen LogP contribution in [0, 0.1) is 0 Å². The summed E-state index contributed by atoms with van der Waals surface area (Å²) in [6.07, 6.45) is 0. The fraction of sp³-hybridized carbons (Fsp3) is 0.222. The highest BCUT2D eigenvalue weighted by Gasteiger charge is 2.16. The molecule has 0 amide bonds. The summed E-state index contributed by atoms with van der Waals surface area (Å²) in [5, 5.41) is 0. The summed E-state index contributed by atoms with van der Waals surface area (Å²) >= 11 is 0. The van der Waals surface area contributed by atoms with Gasteiger partial charge in [-0.2, -0.15) is 0 Å². The first-order valence-electron chi connectivity index (χ1n) is 4.20. The highest BCUT2D eigenvalue weighted by Crippen LogP contribution is 2.35. The van der Waals surface area contributed by atoms with E-state index in [0.717, 1.165) is 17.1 Å². The minimum absolute atomic E-state index is 0.0709. The van der Waals surface area contributed by atoms with Gasteiger partial charge in [0.25, 0.3) is 0 Å². The van der Waals surface area contributed by atoms with Crippen LogP contribution >= 0.6 is 0 Å². The first-order chi connectivity index (χ1) is 6.77. The average molecular weight is 193 g/mol. The van der Waals surface area contributed by atoms with Gasteiger partial charge in [-0.05, 0) is 6.07 Å². The maximum absolute atomic E-state index is 5.29. The molecule has 1 heterocycles. The minimum atomic E-state index is 0.0709. The number of ether oxygens (including phenoxy) is 2. The van der Waals surface area contributed by atoms with Crippen molar-refractivity contribution >= 4 is 5.96 Å². The minimum Gasteiger partial charge on any atom is -0.454 e. The number of aliphatic imine (C=N–C) groups is 1. The van der Waals surface area contributed by atoms with Gasteiger partial charge < -0.3 is 20.9 Å². The third-order valence-corrected chi connectivity index (χ3v) is 1.91. The van der Waals surface area contributed by atoms with Crippen LogP contribution in [-0.2, 0) is 6.54 Å². The molecule has 0 fully saturated rings. The van der Waals surface area contributed by atoms with Gasteiger partial charge in [0.05, 0.1) is 6.54 Å². The van der Waals surface area contributed by atoms with Crippen molar-refractivity contribution in [3.63, 3.8) is 0 Å². The lowest BCUT2D eigenvalue weighted by atomic mass is 10.2. The Hall–Kier alpha value is -1.91. The quantitative estimate of drug-likeness (QED) is 0.518. The van der Waals surface area contributed by atoms with Crippen molar-refractivity contribution < 1.29 is 9.47 Å². The van der Waals surface area contributed by atoms with Crippen molar-refractivity contribution in [1.82, 2.24) is 0 Å². The van der Waals surface area contributed by atoms with Gasteiger partial charge in [-0.15, -0.1) is 0 Å². The van der Waals surface area contributed by atoms with Crippen LogP contribution in [0.25, 0.3) is 0 Å². The summed E-state index contributed by atoms with van der Waals surface area (Å²) in [5.41, 5.74) is 11.4. The van der Waals surface area contributed by atoms with E-state index in [1.807, 2.05) is 18.2 Å². The number of fused-ring (bicyclic) bond motifs is 1. The molecule has 0 aromatic heterocycles. The summed E-state index contributed by atoms with van der Waals surface area (Å²) in [6, 6.07) is 5.63. The lowest BCUT2D eigenvalue weighted by Gasteiger charge is -2.02. The lowest BCUT2D eigenvalue weighted by Crippen LogP contribution is -2.22. The zero-order chi connectivity index (χ0) is 9.97. The van der Waals surface area contributed by atoms with Crippen molar-refractivity contribution in [1.29, 1.82) is 0 Å². The predicted molar refractivity (Wildman–Crippen MR) is 52.1 cm³/mol. The van der Waals surface area contributed by atoms with Gasteiger partial charge in [0.15, 0.2) is 17.5 Å². The number of hydrogen-bond acceptors (Lipinski definition) is 3. The van der Waals surface area contributed by atoms with Gasteiger partial charge >= 0.3 is 0 Å². The summed E-state index contributed by atoms with van der Waals surface area (Å²) in [5.74, 6) is 1.55. The molecule has 0 unspecified atom stereocenters. The van der Waals surface area contributed by atoms with Crippen molar-refractivity contribution in [2.75, 3.05) is 6.79 Å². The molecule has 14 heavy (non-hydrogen) atoms. The van der Waals surface area contributed by atoms with Gasteiger partial charge in [0.1, 0.15) is 0 Å². The highest BCUT2D eigenvalue weighted by atomic mass is 16.7. The van der Waals surface area contributed by atoms with E-state index in [4.69, 9.17) is 20.9 Å². The van der Waals surface area contributed by atoms with Gasteiger partial charge in [-0.3, -0.25) is 0 Å². The fourth-order valence-electron chi connectivity index (χ4n) is 1.29. The molecule has 0 aliphatic carbocycles. The largest absolute Gasteiger partial charge is 0.454 e. The Labute approximate surface area is 81.3 Å². The highest BCUT2D eigenvalue weighted by molar-refractivity contribution is 5.75. The molecule has 74 valence electrons. The maximum Gasteiger partial charge on any atom is 0.231 e. The topological polar surface area (TPSA) is 82.9 Å². The molecule has 0 bridgehead atoms. The third-order valence-electron chi connectivity index (χ3n) is 1.91. The molecule has 0 radical (unpaired) electrons. The Bertz CT molecular complexity index is 372. The van der Waals surface area contributed by atoms with Gasteiger partial charge in [0.2, 0.25) is 6.79 Å². The van der Waals surface area contributed by atoms with Gasteiger partial charge in [-0.1, -0.05) is 12.1 Å². The van der Waals surface area contributed by atoms with Gasteiger partial charge in [0, 0.05) is 5.56 Å². The number of hydrogen-bond donors (Lipinski definition) is 2. The normalized spacial score (nSPS) is 12.6. The average Bonchev–Trinajstić information content (AvgIpc) is 2.62. The Kier molecular flexibility index (Phi) is 2.14. The number of guanidine groups is 1.